The van der Waals surface area contributed by atoms with Gasteiger partial charge in [-0.15, -0.1) is 0 Å². The lowest BCUT2D eigenvalue weighted by molar-refractivity contribution is 0.311. The molecule has 0 unspecified atom stereocenters. The molecule has 2 rings (SSSR count). The van der Waals surface area contributed by atoms with Crippen molar-refractivity contribution in [2.45, 2.75) is 13.5 Å². The predicted molar refractivity (Wildman–Crippen MR) is 73.5 cm³/mol. The van der Waals surface area contributed by atoms with E-state index < -0.39 is 0 Å². The maximum atomic E-state index is 5.47. The Bertz CT molecular complexity index is 517. The van der Waals surface area contributed by atoms with Crippen molar-refractivity contribution in [3.63, 3.8) is 0 Å². The first-order chi connectivity index (χ1) is 9.33. The van der Waals surface area contributed by atoms with Crippen molar-refractivity contribution in [2.24, 2.45) is 0 Å². The van der Waals surface area contributed by atoms with Crippen molar-refractivity contribution in [3.8, 4) is 11.5 Å². The van der Waals surface area contributed by atoms with E-state index in [2.05, 4.69) is 15.3 Å². The summed E-state index contributed by atoms with van der Waals surface area (Å²) in [6, 6.07) is 5.76. The molecule has 0 amide bonds. The van der Waals surface area contributed by atoms with Crippen LogP contribution in [0, 0.1) is 0 Å². The van der Waals surface area contributed by atoms with Gasteiger partial charge in [-0.1, -0.05) is 0 Å². The Morgan fingerprint density at radius 3 is 2.63 bits per heavy atom. The molecule has 0 saturated heterocycles. The van der Waals surface area contributed by atoms with E-state index in [-0.39, 0.29) is 0 Å². The van der Waals surface area contributed by atoms with E-state index in [1.165, 1.54) is 6.33 Å². The molecule has 0 bridgehead atoms. The summed E-state index contributed by atoms with van der Waals surface area (Å²) in [5.74, 6) is 1.47. The predicted octanol–water partition coefficient (Wildman–Crippen LogP) is 2.50. The number of hydrogen-bond donors (Lipinski definition) is 1. The van der Waals surface area contributed by atoms with Gasteiger partial charge in [-0.05, 0) is 19.1 Å². The van der Waals surface area contributed by atoms with Crippen molar-refractivity contribution in [1.82, 2.24) is 9.97 Å². The van der Waals surface area contributed by atoms with Crippen LogP contribution < -0.4 is 14.8 Å². The van der Waals surface area contributed by atoms with E-state index in [1.54, 1.807) is 19.5 Å². The van der Waals surface area contributed by atoms with Crippen molar-refractivity contribution in [2.75, 3.05) is 19.0 Å². The zero-order chi connectivity index (χ0) is 13.5. The lowest BCUT2D eigenvalue weighted by Gasteiger charge is -2.12. The van der Waals surface area contributed by atoms with Gasteiger partial charge in [-0.3, -0.25) is 0 Å². The number of nitrogens with one attached hydrogen (secondary N) is 1. The molecule has 5 nitrogen and oxygen atoms in total. The van der Waals surface area contributed by atoms with Gasteiger partial charge in [0.15, 0.2) is 11.5 Å². The van der Waals surface area contributed by atoms with Gasteiger partial charge in [0.25, 0.3) is 0 Å². The minimum atomic E-state index is 0.616. The molecular weight excluding hydrogens is 242 g/mol. The second kappa shape index (κ2) is 6.58. The number of aromatic nitrogens is 2. The van der Waals surface area contributed by atoms with E-state index >= 15 is 0 Å². The molecule has 1 aromatic heterocycles. The summed E-state index contributed by atoms with van der Waals surface area (Å²) in [5, 5.41) is 3.29. The highest BCUT2D eigenvalue weighted by molar-refractivity contribution is 5.54. The molecule has 100 valence electrons. The van der Waals surface area contributed by atoms with Crippen LogP contribution in [0.3, 0.4) is 0 Å². The highest BCUT2D eigenvalue weighted by Crippen LogP contribution is 2.30. The second-order valence-corrected chi connectivity index (χ2v) is 3.90. The Kier molecular flexibility index (Phi) is 4.55. The molecule has 0 spiro atoms. The van der Waals surface area contributed by atoms with Crippen LogP contribution in [0.25, 0.3) is 0 Å². The SMILES string of the molecule is CCOc1ccc(NCc2cncnc2)cc1OC. The fourth-order valence-corrected chi connectivity index (χ4v) is 1.68. The van der Waals surface area contributed by atoms with E-state index in [9.17, 15) is 0 Å². The van der Waals surface area contributed by atoms with Gasteiger partial charge in [0.05, 0.1) is 13.7 Å². The largest absolute Gasteiger partial charge is 0.493 e. The molecule has 5 heteroatoms. The highest BCUT2D eigenvalue weighted by atomic mass is 16.5. The number of nitrogens with zero attached hydrogens (tertiary/aromatic N) is 2. The van der Waals surface area contributed by atoms with Crippen LogP contribution in [-0.2, 0) is 6.54 Å². The minimum Gasteiger partial charge on any atom is -0.493 e. The molecular formula is C14H17N3O2. The smallest absolute Gasteiger partial charge is 0.162 e. The Morgan fingerprint density at radius 1 is 1.16 bits per heavy atom. The zero-order valence-corrected chi connectivity index (χ0v) is 11.1. The Balaban J connectivity index is 2.05. The van der Waals surface area contributed by atoms with E-state index in [0.717, 1.165) is 22.7 Å². The number of anilines is 1. The third kappa shape index (κ3) is 3.58. The van der Waals surface area contributed by atoms with Gasteiger partial charge in [0.1, 0.15) is 6.33 Å². The van der Waals surface area contributed by atoms with Gasteiger partial charge in [0.2, 0.25) is 0 Å². The summed E-state index contributed by atoms with van der Waals surface area (Å²) in [5.41, 5.74) is 1.99. The fraction of sp³-hybridized carbons (Fsp3) is 0.286. The van der Waals surface area contributed by atoms with Crippen LogP contribution in [0.15, 0.2) is 36.9 Å². The molecule has 0 fully saturated rings. The topological polar surface area (TPSA) is 56.3 Å². The van der Waals surface area contributed by atoms with Crippen molar-refractivity contribution in [3.05, 3.63) is 42.5 Å². The summed E-state index contributed by atoms with van der Waals surface area (Å²) in [6.45, 7) is 3.23. The highest BCUT2D eigenvalue weighted by Gasteiger charge is 2.05. The summed E-state index contributed by atoms with van der Waals surface area (Å²) >= 11 is 0. The molecule has 0 aliphatic heterocycles. The molecule has 0 atom stereocenters. The normalized spacial score (nSPS) is 10.0. The first-order valence-electron chi connectivity index (χ1n) is 6.12. The van der Waals surface area contributed by atoms with Gasteiger partial charge < -0.3 is 14.8 Å². The third-order valence-electron chi connectivity index (χ3n) is 2.57. The molecule has 0 saturated carbocycles. The summed E-state index contributed by atoms with van der Waals surface area (Å²) in [4.78, 5) is 7.95. The number of ether oxygens (including phenoxy) is 2. The number of benzene rings is 1. The van der Waals surface area contributed by atoms with Crippen LogP contribution in [-0.4, -0.2) is 23.7 Å². The van der Waals surface area contributed by atoms with Crippen LogP contribution >= 0.6 is 0 Å². The van der Waals surface area contributed by atoms with E-state index in [1.807, 2.05) is 25.1 Å². The molecule has 1 heterocycles. The van der Waals surface area contributed by atoms with Gasteiger partial charge in [-0.2, -0.15) is 0 Å². The van der Waals surface area contributed by atoms with Gasteiger partial charge in [0, 0.05) is 36.3 Å². The van der Waals surface area contributed by atoms with Gasteiger partial charge >= 0.3 is 0 Å². The molecule has 1 N–H and O–H groups in total. The van der Waals surface area contributed by atoms with Crippen molar-refractivity contribution < 1.29 is 9.47 Å². The Labute approximate surface area is 112 Å². The monoisotopic (exact) mass is 259 g/mol. The Morgan fingerprint density at radius 2 is 1.95 bits per heavy atom. The molecule has 1 aromatic carbocycles. The summed E-state index contributed by atoms with van der Waals surface area (Å²) < 4.78 is 10.8. The average molecular weight is 259 g/mol. The van der Waals surface area contributed by atoms with Crippen molar-refractivity contribution >= 4 is 5.69 Å². The molecule has 2 aromatic rings. The number of rotatable bonds is 6. The molecule has 19 heavy (non-hydrogen) atoms. The average Bonchev–Trinajstić information content (AvgIpc) is 2.47. The zero-order valence-electron chi connectivity index (χ0n) is 11.1. The van der Waals surface area contributed by atoms with E-state index in [4.69, 9.17) is 9.47 Å². The molecule has 0 aliphatic carbocycles. The lowest BCUT2D eigenvalue weighted by Crippen LogP contribution is -2.01. The third-order valence-corrected chi connectivity index (χ3v) is 2.57. The molecule has 0 aliphatic rings. The maximum absolute atomic E-state index is 5.47. The summed E-state index contributed by atoms with van der Waals surface area (Å²) in [6.07, 6.45) is 5.08. The first kappa shape index (κ1) is 13.1. The summed E-state index contributed by atoms with van der Waals surface area (Å²) in [7, 11) is 1.63. The quantitative estimate of drug-likeness (QED) is 0.863. The number of hydrogen-bond acceptors (Lipinski definition) is 5. The number of methoxy groups -OCH3 is 1. The lowest BCUT2D eigenvalue weighted by atomic mass is 10.2. The standard InChI is InChI=1S/C14H17N3O2/c1-3-19-13-5-4-12(6-14(13)18-2)17-9-11-7-15-10-16-8-11/h4-8,10,17H,3,9H2,1-2H3. The van der Waals surface area contributed by atoms with Crippen LogP contribution in [0.2, 0.25) is 0 Å². The van der Waals surface area contributed by atoms with Crippen molar-refractivity contribution in [1.29, 1.82) is 0 Å². The fourth-order valence-electron chi connectivity index (χ4n) is 1.68. The van der Waals surface area contributed by atoms with E-state index in [0.29, 0.717) is 13.2 Å². The van der Waals surface area contributed by atoms with Crippen LogP contribution in [0.5, 0.6) is 11.5 Å². The minimum absolute atomic E-state index is 0.616. The molecule has 0 radical (unpaired) electrons. The first-order valence-corrected chi connectivity index (χ1v) is 6.12. The van der Waals surface area contributed by atoms with Crippen LogP contribution in [0.4, 0.5) is 5.69 Å². The maximum Gasteiger partial charge on any atom is 0.162 e. The van der Waals surface area contributed by atoms with Gasteiger partial charge in [-0.25, -0.2) is 9.97 Å². The second-order valence-electron chi connectivity index (χ2n) is 3.90. The Hall–Kier alpha value is -2.30. The van der Waals surface area contributed by atoms with Crippen LogP contribution in [0.1, 0.15) is 12.5 Å².